The molecule has 76 valence electrons. The van der Waals surface area contributed by atoms with Gasteiger partial charge in [-0.2, -0.15) is 0 Å². The summed E-state index contributed by atoms with van der Waals surface area (Å²) >= 11 is 0. The Morgan fingerprint density at radius 1 is 1.07 bits per heavy atom. The third-order valence-electron chi connectivity index (χ3n) is 2.27. The van der Waals surface area contributed by atoms with Gasteiger partial charge in [0.15, 0.2) is 0 Å². The van der Waals surface area contributed by atoms with E-state index >= 15 is 0 Å². The minimum Gasteiger partial charge on any atom is -0.287 e. The van der Waals surface area contributed by atoms with E-state index in [1.807, 2.05) is 24.4 Å². The lowest BCUT2D eigenvalue weighted by Gasteiger charge is -2.03. The summed E-state index contributed by atoms with van der Waals surface area (Å²) in [5.41, 5.74) is 6.40. The number of nitrogens with zero attached hydrogens (tertiary/aromatic N) is 1. The second-order valence-electron chi connectivity index (χ2n) is 3.34. The van der Waals surface area contributed by atoms with Crippen molar-refractivity contribution in [1.29, 1.82) is 0 Å². The van der Waals surface area contributed by atoms with Crippen LogP contribution in [0, 0.1) is 5.82 Å². The molecule has 2 aromatic rings. The Morgan fingerprint density at radius 3 is 2.53 bits per heavy atom. The maximum Gasteiger partial charge on any atom is 0.272 e. The molecular weight excluding hydrogens is 191 g/mol. The van der Waals surface area contributed by atoms with E-state index in [4.69, 9.17) is 5.73 Å². The molecule has 1 aromatic heterocycles. The lowest BCUT2D eigenvalue weighted by molar-refractivity contribution is -0.674. The quantitative estimate of drug-likeness (QED) is 0.740. The second-order valence-corrected chi connectivity index (χ2v) is 3.34. The van der Waals surface area contributed by atoms with Gasteiger partial charge in [-0.25, -0.2) is 8.96 Å². The second kappa shape index (κ2) is 4.09. The molecule has 1 heterocycles. The minimum atomic E-state index is -0.201. The van der Waals surface area contributed by atoms with Gasteiger partial charge >= 0.3 is 0 Å². The zero-order chi connectivity index (χ0) is 10.7. The molecule has 0 aliphatic carbocycles. The van der Waals surface area contributed by atoms with Gasteiger partial charge in [0.05, 0.1) is 6.20 Å². The van der Waals surface area contributed by atoms with Crippen molar-refractivity contribution >= 4 is 5.82 Å². The Balaban J connectivity index is 2.30. The summed E-state index contributed by atoms with van der Waals surface area (Å²) < 4.78 is 15.2. The monoisotopic (exact) mass is 203 g/mol. The summed E-state index contributed by atoms with van der Waals surface area (Å²) in [7, 11) is 0. The number of aromatic nitrogens is 1. The van der Waals surface area contributed by atoms with E-state index in [1.165, 1.54) is 6.07 Å². The smallest absolute Gasteiger partial charge is 0.272 e. The van der Waals surface area contributed by atoms with Gasteiger partial charge in [0.25, 0.3) is 5.82 Å². The molecule has 2 N–H and O–H groups in total. The van der Waals surface area contributed by atoms with Crippen molar-refractivity contribution in [2.75, 3.05) is 5.73 Å². The van der Waals surface area contributed by atoms with E-state index in [9.17, 15) is 4.39 Å². The van der Waals surface area contributed by atoms with Gasteiger partial charge in [-0.1, -0.05) is 24.3 Å². The highest BCUT2D eigenvalue weighted by molar-refractivity contribution is 5.20. The number of anilines is 1. The molecule has 0 atom stereocenters. The molecule has 0 amide bonds. The number of nitrogens with two attached hydrogens (primary N) is 1. The largest absolute Gasteiger partial charge is 0.287 e. The highest BCUT2D eigenvalue weighted by atomic mass is 19.1. The topological polar surface area (TPSA) is 29.9 Å². The lowest BCUT2D eigenvalue weighted by Crippen LogP contribution is -2.37. The molecule has 0 bridgehead atoms. The molecule has 0 fully saturated rings. The van der Waals surface area contributed by atoms with Crippen molar-refractivity contribution in [3.8, 4) is 0 Å². The molecule has 2 rings (SSSR count). The zero-order valence-corrected chi connectivity index (χ0v) is 8.23. The summed E-state index contributed by atoms with van der Waals surface area (Å²) in [5, 5.41) is 0. The molecule has 15 heavy (non-hydrogen) atoms. The van der Waals surface area contributed by atoms with Gasteiger partial charge in [-0.05, 0) is 12.1 Å². The number of halogens is 1. The molecule has 0 unspecified atom stereocenters. The van der Waals surface area contributed by atoms with Gasteiger partial charge in [-0.15, -0.1) is 0 Å². The van der Waals surface area contributed by atoms with Crippen molar-refractivity contribution in [3.05, 3.63) is 60.0 Å². The summed E-state index contributed by atoms with van der Waals surface area (Å²) in [4.78, 5) is 0. The van der Waals surface area contributed by atoms with Crippen LogP contribution in [0.4, 0.5) is 10.2 Å². The molecule has 0 aliphatic heterocycles. The van der Waals surface area contributed by atoms with Gasteiger partial charge < -0.3 is 0 Å². The Hall–Kier alpha value is -1.90. The predicted octanol–water partition coefficient (Wildman–Crippen LogP) is 1.74. The Bertz CT molecular complexity index is 425. The van der Waals surface area contributed by atoms with Crippen LogP contribution in [0.1, 0.15) is 5.56 Å². The molecule has 0 saturated carbocycles. The number of nitrogen functional groups attached to an aromatic ring is 1. The first-order valence-electron chi connectivity index (χ1n) is 4.75. The lowest BCUT2D eigenvalue weighted by atomic mass is 10.2. The predicted molar refractivity (Wildman–Crippen MR) is 56.6 cm³/mol. The first-order valence-corrected chi connectivity index (χ1v) is 4.75. The highest BCUT2D eigenvalue weighted by Gasteiger charge is 2.06. The van der Waals surface area contributed by atoms with Crippen LogP contribution in [0.25, 0.3) is 0 Å². The summed E-state index contributed by atoms with van der Waals surface area (Å²) in [6.07, 6.45) is 1.84. The van der Waals surface area contributed by atoms with E-state index in [-0.39, 0.29) is 5.82 Å². The SMILES string of the molecule is Nc1cccc[n+]1Cc1ccccc1F. The summed E-state index contributed by atoms with van der Waals surface area (Å²) in [6, 6.07) is 12.2. The molecule has 0 radical (unpaired) electrons. The summed E-state index contributed by atoms with van der Waals surface area (Å²) in [6.45, 7) is 0.458. The summed E-state index contributed by atoms with van der Waals surface area (Å²) in [5.74, 6) is 0.425. The van der Waals surface area contributed by atoms with Crippen LogP contribution in [0.15, 0.2) is 48.7 Å². The van der Waals surface area contributed by atoms with Gasteiger partial charge in [0.2, 0.25) is 0 Å². The number of pyridine rings is 1. The maximum atomic E-state index is 13.4. The Morgan fingerprint density at radius 2 is 1.80 bits per heavy atom. The fourth-order valence-electron chi connectivity index (χ4n) is 1.44. The molecule has 1 aromatic carbocycles. The average molecular weight is 203 g/mol. The third-order valence-corrected chi connectivity index (χ3v) is 2.27. The van der Waals surface area contributed by atoms with E-state index in [0.717, 1.165) is 0 Å². The van der Waals surface area contributed by atoms with Crippen molar-refractivity contribution in [2.45, 2.75) is 6.54 Å². The molecule has 0 aliphatic rings. The molecule has 3 heteroatoms. The van der Waals surface area contributed by atoms with E-state index in [0.29, 0.717) is 17.9 Å². The molecule has 0 spiro atoms. The maximum absolute atomic E-state index is 13.4. The van der Waals surface area contributed by atoms with E-state index in [2.05, 4.69) is 0 Å². The van der Waals surface area contributed by atoms with Crippen molar-refractivity contribution in [3.63, 3.8) is 0 Å². The van der Waals surface area contributed by atoms with Gasteiger partial charge in [0, 0.05) is 11.6 Å². The number of hydrogen-bond donors (Lipinski definition) is 1. The minimum absolute atomic E-state index is 0.201. The van der Waals surface area contributed by atoms with Gasteiger partial charge in [-0.3, -0.25) is 5.73 Å². The van der Waals surface area contributed by atoms with Crippen LogP contribution >= 0.6 is 0 Å². The van der Waals surface area contributed by atoms with Crippen LogP contribution in [0.2, 0.25) is 0 Å². The highest BCUT2D eigenvalue weighted by Crippen LogP contribution is 2.06. The van der Waals surface area contributed by atoms with Crippen LogP contribution in [-0.4, -0.2) is 0 Å². The van der Waals surface area contributed by atoms with Crippen molar-refractivity contribution < 1.29 is 8.96 Å². The Labute approximate surface area is 87.8 Å². The van der Waals surface area contributed by atoms with Crippen LogP contribution in [-0.2, 0) is 6.54 Å². The first-order chi connectivity index (χ1) is 7.27. The van der Waals surface area contributed by atoms with Crippen molar-refractivity contribution in [1.82, 2.24) is 0 Å². The van der Waals surface area contributed by atoms with Crippen LogP contribution < -0.4 is 10.3 Å². The number of hydrogen-bond acceptors (Lipinski definition) is 1. The molecule has 2 nitrogen and oxygen atoms in total. The third kappa shape index (κ3) is 2.13. The van der Waals surface area contributed by atoms with Crippen LogP contribution in [0.5, 0.6) is 0 Å². The zero-order valence-electron chi connectivity index (χ0n) is 8.23. The van der Waals surface area contributed by atoms with Crippen molar-refractivity contribution in [2.24, 2.45) is 0 Å². The van der Waals surface area contributed by atoms with E-state index < -0.39 is 0 Å². The van der Waals surface area contributed by atoms with Crippen LogP contribution in [0.3, 0.4) is 0 Å². The first kappa shape index (κ1) is 9.65. The number of rotatable bonds is 2. The number of benzene rings is 1. The fourth-order valence-corrected chi connectivity index (χ4v) is 1.44. The molecular formula is C12H12FN2+. The van der Waals surface area contributed by atoms with E-state index in [1.54, 1.807) is 22.8 Å². The average Bonchev–Trinajstić information content (AvgIpc) is 2.24. The van der Waals surface area contributed by atoms with Gasteiger partial charge in [0.1, 0.15) is 12.4 Å². The standard InChI is InChI=1S/C12H11FN2/c13-11-6-2-1-5-10(11)9-15-8-4-3-7-12(15)14/h1-8,14H,9H2/p+1. The Kier molecular flexibility index (Phi) is 2.63. The normalized spacial score (nSPS) is 10.2. The fraction of sp³-hybridized carbons (Fsp3) is 0.0833. The molecule has 0 saturated heterocycles.